The summed E-state index contributed by atoms with van der Waals surface area (Å²) in [5, 5.41) is 8.77. The minimum Gasteiger partial charge on any atom is -0.326 e. The second kappa shape index (κ2) is 8.82. The number of rotatable bonds is 7. The fourth-order valence-corrected chi connectivity index (χ4v) is 6.51. The first-order valence-corrected chi connectivity index (χ1v) is 13.9. The summed E-state index contributed by atoms with van der Waals surface area (Å²) in [6.45, 7) is 1.81. The standard InChI is InChI=1S/C23H20N4O4S3/c1-2-7-34(30,31)27-16-4-6-19-15(9-16)10-20(33-19)22(29)26-23-25-18(12-32-23)13-3-5-17-14(8-13)11-21(28)24-17/h3-6,8-10,12,27H,2,7,11H2,1H3,(H,24,28)(H,25,26,29). The summed E-state index contributed by atoms with van der Waals surface area (Å²) in [5.74, 6) is -0.246. The van der Waals surface area contributed by atoms with Crippen molar-refractivity contribution in [2.75, 3.05) is 21.1 Å². The summed E-state index contributed by atoms with van der Waals surface area (Å²) in [6, 6.07) is 12.7. The summed E-state index contributed by atoms with van der Waals surface area (Å²) in [4.78, 5) is 29.4. The van der Waals surface area contributed by atoms with E-state index in [2.05, 4.69) is 20.3 Å². The first-order valence-electron chi connectivity index (χ1n) is 10.5. The Labute approximate surface area is 204 Å². The van der Waals surface area contributed by atoms with Crippen LogP contribution in [0.4, 0.5) is 16.5 Å². The van der Waals surface area contributed by atoms with E-state index in [1.54, 1.807) is 24.3 Å². The smallest absolute Gasteiger partial charge is 0.267 e. The molecular formula is C23H20N4O4S3. The number of nitrogens with zero attached hydrogens (tertiary/aromatic N) is 1. The number of benzene rings is 2. The second-order valence-corrected chi connectivity index (χ2v) is 11.7. The molecule has 3 N–H and O–H groups in total. The molecule has 0 saturated carbocycles. The van der Waals surface area contributed by atoms with Gasteiger partial charge in [0.1, 0.15) is 0 Å². The fraction of sp³-hybridized carbons (Fsp3) is 0.174. The summed E-state index contributed by atoms with van der Waals surface area (Å²) in [7, 11) is -3.38. The van der Waals surface area contributed by atoms with Crippen LogP contribution in [0, 0.1) is 0 Å². The van der Waals surface area contributed by atoms with Gasteiger partial charge in [-0.05, 0) is 53.8 Å². The Morgan fingerprint density at radius 2 is 2.03 bits per heavy atom. The van der Waals surface area contributed by atoms with Crippen molar-refractivity contribution in [1.29, 1.82) is 0 Å². The lowest BCUT2D eigenvalue weighted by molar-refractivity contribution is -0.115. The van der Waals surface area contributed by atoms with Gasteiger partial charge in [0.05, 0.1) is 22.7 Å². The van der Waals surface area contributed by atoms with Crippen LogP contribution in [0.25, 0.3) is 21.3 Å². The molecule has 0 atom stereocenters. The zero-order valence-corrected chi connectivity index (χ0v) is 20.5. The van der Waals surface area contributed by atoms with E-state index < -0.39 is 10.0 Å². The van der Waals surface area contributed by atoms with Crippen molar-refractivity contribution in [3.63, 3.8) is 0 Å². The van der Waals surface area contributed by atoms with Gasteiger partial charge in [0.25, 0.3) is 5.91 Å². The maximum absolute atomic E-state index is 12.8. The SMILES string of the molecule is CCCS(=O)(=O)Nc1ccc2sc(C(=O)Nc3nc(-c4ccc5c(c4)CC(=O)N5)cs3)cc2c1. The van der Waals surface area contributed by atoms with Crippen molar-refractivity contribution in [2.45, 2.75) is 19.8 Å². The molecule has 3 heterocycles. The second-order valence-electron chi connectivity index (χ2n) is 7.87. The molecule has 0 radical (unpaired) electrons. The summed E-state index contributed by atoms with van der Waals surface area (Å²) < 4.78 is 27.5. The lowest BCUT2D eigenvalue weighted by Gasteiger charge is -2.06. The van der Waals surface area contributed by atoms with E-state index in [1.807, 2.05) is 30.5 Å². The van der Waals surface area contributed by atoms with E-state index in [4.69, 9.17) is 0 Å². The van der Waals surface area contributed by atoms with E-state index in [-0.39, 0.29) is 17.6 Å². The van der Waals surface area contributed by atoms with Gasteiger partial charge in [0.15, 0.2) is 5.13 Å². The van der Waals surface area contributed by atoms with E-state index in [0.29, 0.717) is 28.5 Å². The Hall–Kier alpha value is -3.28. The van der Waals surface area contributed by atoms with Gasteiger partial charge < -0.3 is 5.32 Å². The maximum Gasteiger partial charge on any atom is 0.267 e. The molecule has 11 heteroatoms. The van der Waals surface area contributed by atoms with E-state index in [1.165, 1.54) is 22.7 Å². The first kappa shape index (κ1) is 22.5. The molecule has 34 heavy (non-hydrogen) atoms. The molecule has 1 aliphatic rings. The lowest BCUT2D eigenvalue weighted by Crippen LogP contribution is -2.15. The molecule has 2 aromatic carbocycles. The lowest BCUT2D eigenvalue weighted by atomic mass is 10.1. The molecule has 0 spiro atoms. The number of thiazole rings is 1. The van der Waals surface area contributed by atoms with Gasteiger partial charge in [-0.15, -0.1) is 22.7 Å². The number of thiophene rings is 1. The van der Waals surface area contributed by atoms with Crippen molar-refractivity contribution >= 4 is 71.1 Å². The maximum atomic E-state index is 12.8. The summed E-state index contributed by atoms with van der Waals surface area (Å²) in [5.41, 5.74) is 3.84. The van der Waals surface area contributed by atoms with Crippen LogP contribution in [0.15, 0.2) is 47.8 Å². The van der Waals surface area contributed by atoms with Crippen molar-refractivity contribution in [3.05, 3.63) is 58.3 Å². The Morgan fingerprint density at radius 1 is 1.18 bits per heavy atom. The first-order chi connectivity index (χ1) is 16.3. The molecule has 2 amide bonds. The average molecular weight is 513 g/mol. The number of fused-ring (bicyclic) bond motifs is 2. The monoisotopic (exact) mass is 512 g/mol. The predicted octanol–water partition coefficient (Wildman–Crippen LogP) is 4.92. The molecule has 0 saturated heterocycles. The molecule has 0 bridgehead atoms. The van der Waals surface area contributed by atoms with Gasteiger partial charge in [-0.1, -0.05) is 13.0 Å². The van der Waals surface area contributed by atoms with Gasteiger partial charge >= 0.3 is 0 Å². The molecular weight excluding hydrogens is 492 g/mol. The normalized spacial score (nSPS) is 13.0. The fourth-order valence-electron chi connectivity index (χ4n) is 3.73. The molecule has 8 nitrogen and oxygen atoms in total. The average Bonchev–Trinajstić information content (AvgIpc) is 3.49. The highest BCUT2D eigenvalue weighted by molar-refractivity contribution is 7.92. The van der Waals surface area contributed by atoms with Gasteiger partial charge in [-0.3, -0.25) is 19.6 Å². The largest absolute Gasteiger partial charge is 0.326 e. The number of hydrogen-bond donors (Lipinski definition) is 3. The van der Waals surface area contributed by atoms with Crippen molar-refractivity contribution in [1.82, 2.24) is 4.98 Å². The van der Waals surface area contributed by atoms with Crippen LogP contribution in [0.3, 0.4) is 0 Å². The Bertz CT molecular complexity index is 1540. The zero-order chi connectivity index (χ0) is 23.9. The van der Waals surface area contributed by atoms with Gasteiger partial charge in [0, 0.05) is 27.0 Å². The number of carbonyl (C=O) groups is 2. The number of hydrogen-bond acceptors (Lipinski definition) is 7. The molecule has 0 aliphatic carbocycles. The van der Waals surface area contributed by atoms with Crippen LogP contribution in [0.5, 0.6) is 0 Å². The van der Waals surface area contributed by atoms with Gasteiger partial charge in [0.2, 0.25) is 15.9 Å². The van der Waals surface area contributed by atoms with Crippen molar-refractivity contribution in [2.24, 2.45) is 0 Å². The number of sulfonamides is 1. The van der Waals surface area contributed by atoms with Crippen LogP contribution in [0.2, 0.25) is 0 Å². The molecule has 174 valence electrons. The van der Waals surface area contributed by atoms with E-state index >= 15 is 0 Å². The summed E-state index contributed by atoms with van der Waals surface area (Å²) in [6.07, 6.45) is 0.882. The quantitative estimate of drug-likeness (QED) is 0.325. The van der Waals surface area contributed by atoms with Crippen LogP contribution in [-0.2, 0) is 21.2 Å². The third-order valence-electron chi connectivity index (χ3n) is 5.24. The highest BCUT2D eigenvalue weighted by Gasteiger charge is 2.19. The third kappa shape index (κ3) is 4.67. The van der Waals surface area contributed by atoms with Crippen LogP contribution >= 0.6 is 22.7 Å². The summed E-state index contributed by atoms with van der Waals surface area (Å²) >= 11 is 2.65. The Morgan fingerprint density at radius 3 is 2.85 bits per heavy atom. The van der Waals surface area contributed by atoms with Crippen LogP contribution in [-0.4, -0.2) is 31.0 Å². The topological polar surface area (TPSA) is 117 Å². The predicted molar refractivity (Wildman–Crippen MR) is 137 cm³/mol. The van der Waals surface area contributed by atoms with Crippen molar-refractivity contribution in [3.8, 4) is 11.3 Å². The van der Waals surface area contributed by atoms with Crippen LogP contribution < -0.4 is 15.4 Å². The highest BCUT2D eigenvalue weighted by Crippen LogP contribution is 2.32. The highest BCUT2D eigenvalue weighted by atomic mass is 32.2. The Balaban J connectivity index is 1.31. The molecule has 1 aliphatic heterocycles. The molecule has 0 unspecified atom stereocenters. The number of aromatic nitrogens is 1. The minimum absolute atomic E-state index is 0.0211. The molecule has 2 aromatic heterocycles. The number of amides is 2. The molecule has 0 fully saturated rings. The molecule has 4 aromatic rings. The minimum atomic E-state index is -3.38. The zero-order valence-electron chi connectivity index (χ0n) is 18.0. The van der Waals surface area contributed by atoms with Crippen LogP contribution in [0.1, 0.15) is 28.6 Å². The van der Waals surface area contributed by atoms with E-state index in [0.717, 1.165) is 32.6 Å². The Kier molecular flexibility index (Phi) is 5.84. The number of carbonyl (C=O) groups excluding carboxylic acids is 2. The van der Waals surface area contributed by atoms with E-state index in [9.17, 15) is 18.0 Å². The number of anilines is 3. The third-order valence-corrected chi connectivity index (χ3v) is 8.60. The van der Waals surface area contributed by atoms with Gasteiger partial charge in [-0.2, -0.15) is 0 Å². The molecule has 5 rings (SSSR count). The van der Waals surface area contributed by atoms with Crippen molar-refractivity contribution < 1.29 is 18.0 Å². The van der Waals surface area contributed by atoms with Gasteiger partial charge in [-0.25, -0.2) is 13.4 Å². The number of nitrogens with one attached hydrogen (secondary N) is 3.